The van der Waals surface area contributed by atoms with E-state index in [1.54, 1.807) is 54.6 Å². The highest BCUT2D eigenvalue weighted by molar-refractivity contribution is 9.10. The molecule has 0 aliphatic carbocycles. The standard InChI is InChI=1S/C25H23BrN4O5/c1-3-35-19-11-9-18(10-12-19)28-23(31)20-6-4-5-7-21(20)29-24(32)25(33)30-27-15-16-14-17(26)8-13-22(16)34-2/h4-15H,3H2,1-2H3,(H,28,31)(H,29,32)(H,30,33)/b27-15-. The molecule has 0 spiro atoms. The molecule has 0 heterocycles. The second-order valence-electron chi connectivity index (χ2n) is 7.00. The van der Waals surface area contributed by atoms with Gasteiger partial charge in [0.2, 0.25) is 0 Å². The molecular weight excluding hydrogens is 516 g/mol. The van der Waals surface area contributed by atoms with Crippen LogP contribution in [0.3, 0.4) is 0 Å². The number of hydrogen-bond acceptors (Lipinski definition) is 6. The summed E-state index contributed by atoms with van der Waals surface area (Å²) in [6, 6.07) is 18.5. The quantitative estimate of drug-likeness (QED) is 0.225. The molecule has 9 nitrogen and oxygen atoms in total. The molecule has 0 fully saturated rings. The van der Waals surface area contributed by atoms with E-state index in [9.17, 15) is 14.4 Å². The van der Waals surface area contributed by atoms with Crippen LogP contribution in [0.2, 0.25) is 0 Å². The molecule has 35 heavy (non-hydrogen) atoms. The van der Waals surface area contributed by atoms with Gasteiger partial charge in [-0.25, -0.2) is 5.43 Å². The zero-order valence-corrected chi connectivity index (χ0v) is 20.6. The van der Waals surface area contributed by atoms with Gasteiger partial charge in [0.05, 0.1) is 31.2 Å². The van der Waals surface area contributed by atoms with Crippen LogP contribution >= 0.6 is 15.9 Å². The van der Waals surface area contributed by atoms with E-state index in [-0.39, 0.29) is 11.3 Å². The van der Waals surface area contributed by atoms with Crippen LogP contribution in [0.25, 0.3) is 0 Å². The molecule has 0 aromatic heterocycles. The molecule has 0 aliphatic heterocycles. The van der Waals surface area contributed by atoms with E-state index in [2.05, 4.69) is 37.1 Å². The number of para-hydroxylation sites is 1. The average molecular weight is 539 g/mol. The van der Waals surface area contributed by atoms with Crippen LogP contribution in [0, 0.1) is 0 Å². The van der Waals surface area contributed by atoms with Crippen molar-refractivity contribution in [1.82, 2.24) is 5.43 Å². The van der Waals surface area contributed by atoms with E-state index in [0.29, 0.717) is 29.4 Å². The van der Waals surface area contributed by atoms with Crippen LogP contribution in [0.4, 0.5) is 11.4 Å². The summed E-state index contributed by atoms with van der Waals surface area (Å²) in [5.41, 5.74) is 3.67. The number of methoxy groups -OCH3 is 1. The number of benzene rings is 3. The number of nitrogens with zero attached hydrogens (tertiary/aromatic N) is 1. The largest absolute Gasteiger partial charge is 0.496 e. The molecule has 3 N–H and O–H groups in total. The molecule has 3 rings (SSSR count). The third kappa shape index (κ3) is 7.15. The van der Waals surface area contributed by atoms with E-state index < -0.39 is 17.7 Å². The number of hydrazone groups is 1. The predicted octanol–water partition coefficient (Wildman–Crippen LogP) is 4.20. The molecule has 0 radical (unpaired) electrons. The summed E-state index contributed by atoms with van der Waals surface area (Å²) in [5.74, 6) is -1.21. The van der Waals surface area contributed by atoms with Gasteiger partial charge in [-0.05, 0) is 61.5 Å². The number of hydrogen-bond donors (Lipinski definition) is 3. The van der Waals surface area contributed by atoms with Crippen molar-refractivity contribution >= 4 is 51.2 Å². The fraction of sp³-hybridized carbons (Fsp3) is 0.120. The van der Waals surface area contributed by atoms with Gasteiger partial charge in [-0.1, -0.05) is 28.1 Å². The van der Waals surface area contributed by atoms with Crippen molar-refractivity contribution in [3.8, 4) is 11.5 Å². The Morgan fingerprint density at radius 2 is 1.71 bits per heavy atom. The topological polar surface area (TPSA) is 118 Å². The van der Waals surface area contributed by atoms with Gasteiger partial charge in [-0.2, -0.15) is 5.10 Å². The van der Waals surface area contributed by atoms with Gasteiger partial charge in [0.25, 0.3) is 5.91 Å². The monoisotopic (exact) mass is 538 g/mol. The Kier molecular flexibility index (Phi) is 8.96. The number of anilines is 2. The van der Waals surface area contributed by atoms with E-state index in [1.165, 1.54) is 25.5 Å². The number of carbonyl (C=O) groups is 3. The first-order valence-corrected chi connectivity index (χ1v) is 11.3. The Morgan fingerprint density at radius 3 is 2.43 bits per heavy atom. The molecule has 0 saturated heterocycles. The summed E-state index contributed by atoms with van der Waals surface area (Å²) in [6.45, 7) is 2.42. The number of halogens is 1. The van der Waals surface area contributed by atoms with Gasteiger partial charge in [0.15, 0.2) is 0 Å². The second kappa shape index (κ2) is 12.3. The SMILES string of the molecule is CCOc1ccc(NC(=O)c2ccccc2NC(=O)C(=O)N/N=C\c2cc(Br)ccc2OC)cc1. The maximum absolute atomic E-state index is 12.8. The Bertz CT molecular complexity index is 1240. The molecule has 0 aliphatic rings. The summed E-state index contributed by atoms with van der Waals surface area (Å²) in [6.07, 6.45) is 1.35. The molecule has 180 valence electrons. The summed E-state index contributed by atoms with van der Waals surface area (Å²) < 4.78 is 11.4. The Hall–Kier alpha value is -4.18. The van der Waals surface area contributed by atoms with Crippen molar-refractivity contribution in [1.29, 1.82) is 0 Å². The van der Waals surface area contributed by atoms with Crippen molar-refractivity contribution in [2.75, 3.05) is 24.4 Å². The van der Waals surface area contributed by atoms with Crippen LogP contribution in [-0.2, 0) is 9.59 Å². The van der Waals surface area contributed by atoms with E-state index in [4.69, 9.17) is 9.47 Å². The third-order valence-electron chi connectivity index (χ3n) is 4.61. The summed E-state index contributed by atoms with van der Waals surface area (Å²) in [4.78, 5) is 37.4. The minimum atomic E-state index is -1.00. The van der Waals surface area contributed by atoms with Crippen LogP contribution < -0.4 is 25.5 Å². The molecule has 3 aromatic rings. The molecule has 0 bridgehead atoms. The minimum absolute atomic E-state index is 0.175. The van der Waals surface area contributed by atoms with Crippen LogP contribution in [0.1, 0.15) is 22.8 Å². The van der Waals surface area contributed by atoms with Gasteiger partial charge in [0.1, 0.15) is 11.5 Å². The number of amides is 3. The molecule has 0 unspecified atom stereocenters. The molecular formula is C25H23BrN4O5. The number of rotatable bonds is 8. The highest BCUT2D eigenvalue weighted by atomic mass is 79.9. The first kappa shape index (κ1) is 25.4. The van der Waals surface area contributed by atoms with Crippen molar-refractivity contribution in [2.45, 2.75) is 6.92 Å². The molecule has 10 heteroatoms. The van der Waals surface area contributed by atoms with Crippen molar-refractivity contribution in [3.05, 3.63) is 82.3 Å². The number of carbonyl (C=O) groups excluding carboxylic acids is 3. The van der Waals surface area contributed by atoms with Gasteiger partial charge in [-0.15, -0.1) is 0 Å². The summed E-state index contributed by atoms with van der Waals surface area (Å²) in [5, 5.41) is 9.01. The molecule has 3 amide bonds. The zero-order chi connectivity index (χ0) is 25.2. The minimum Gasteiger partial charge on any atom is -0.496 e. The van der Waals surface area contributed by atoms with E-state index >= 15 is 0 Å². The average Bonchev–Trinajstić information content (AvgIpc) is 2.85. The lowest BCUT2D eigenvalue weighted by Crippen LogP contribution is -2.33. The maximum Gasteiger partial charge on any atom is 0.329 e. The molecule has 0 saturated carbocycles. The van der Waals surface area contributed by atoms with E-state index in [1.807, 2.05) is 6.92 Å². The van der Waals surface area contributed by atoms with Crippen molar-refractivity contribution in [2.24, 2.45) is 5.10 Å². The summed E-state index contributed by atoms with van der Waals surface area (Å²) in [7, 11) is 1.51. The first-order valence-electron chi connectivity index (χ1n) is 10.5. The molecule has 0 atom stereocenters. The highest BCUT2D eigenvalue weighted by Gasteiger charge is 2.18. The zero-order valence-electron chi connectivity index (χ0n) is 19.0. The lowest BCUT2D eigenvalue weighted by molar-refractivity contribution is -0.136. The fourth-order valence-corrected chi connectivity index (χ4v) is 3.36. The van der Waals surface area contributed by atoms with Gasteiger partial charge in [0, 0.05) is 15.7 Å². The fourth-order valence-electron chi connectivity index (χ4n) is 2.99. The van der Waals surface area contributed by atoms with Crippen molar-refractivity contribution < 1.29 is 23.9 Å². The smallest absolute Gasteiger partial charge is 0.329 e. The van der Waals surface area contributed by atoms with Crippen LogP contribution in [-0.4, -0.2) is 37.7 Å². The second-order valence-corrected chi connectivity index (χ2v) is 7.91. The normalized spacial score (nSPS) is 10.5. The lowest BCUT2D eigenvalue weighted by atomic mass is 10.1. The number of ether oxygens (including phenoxy) is 2. The summed E-state index contributed by atoms with van der Waals surface area (Å²) >= 11 is 3.35. The van der Waals surface area contributed by atoms with Gasteiger partial charge >= 0.3 is 11.8 Å². The Balaban J connectivity index is 1.64. The third-order valence-corrected chi connectivity index (χ3v) is 5.10. The van der Waals surface area contributed by atoms with Gasteiger partial charge in [-0.3, -0.25) is 14.4 Å². The Labute approximate surface area is 210 Å². The predicted molar refractivity (Wildman–Crippen MR) is 137 cm³/mol. The maximum atomic E-state index is 12.8. The van der Waals surface area contributed by atoms with E-state index in [0.717, 1.165) is 4.47 Å². The highest BCUT2D eigenvalue weighted by Crippen LogP contribution is 2.22. The van der Waals surface area contributed by atoms with Crippen molar-refractivity contribution in [3.63, 3.8) is 0 Å². The number of nitrogens with one attached hydrogen (secondary N) is 3. The molecule has 3 aromatic carbocycles. The first-order chi connectivity index (χ1) is 16.9. The van der Waals surface area contributed by atoms with Crippen LogP contribution in [0.5, 0.6) is 11.5 Å². The van der Waals surface area contributed by atoms with Gasteiger partial charge < -0.3 is 20.1 Å². The van der Waals surface area contributed by atoms with Crippen LogP contribution in [0.15, 0.2) is 76.3 Å². The lowest BCUT2D eigenvalue weighted by Gasteiger charge is -2.11. The Morgan fingerprint density at radius 1 is 0.971 bits per heavy atom.